The zero-order chi connectivity index (χ0) is 17.6. The number of H-pyrrole nitrogens is 1. The molecular formula is C19H19ClN2O3. The number of pyridine rings is 1. The molecule has 130 valence electrons. The monoisotopic (exact) mass is 358 g/mol. The molecule has 0 saturated carbocycles. The third-order valence-electron chi connectivity index (χ3n) is 3.76. The third kappa shape index (κ3) is 5.06. The van der Waals surface area contributed by atoms with Crippen molar-refractivity contribution in [2.24, 2.45) is 0 Å². The van der Waals surface area contributed by atoms with Crippen molar-refractivity contribution in [1.82, 2.24) is 10.3 Å². The number of aromatic amines is 1. The number of halogens is 1. The second-order valence-electron chi connectivity index (χ2n) is 5.79. The van der Waals surface area contributed by atoms with Gasteiger partial charge >= 0.3 is 0 Å². The number of aromatic nitrogens is 1. The third-order valence-corrected chi connectivity index (χ3v) is 4.01. The summed E-state index contributed by atoms with van der Waals surface area (Å²) in [6, 6.07) is 16.2. The fourth-order valence-electron chi connectivity index (χ4n) is 2.46. The van der Waals surface area contributed by atoms with Crippen LogP contribution in [0.4, 0.5) is 0 Å². The van der Waals surface area contributed by atoms with Gasteiger partial charge in [0.05, 0.1) is 0 Å². The Hall–Kier alpha value is -2.34. The Bertz CT molecular complexity index is 893. The molecule has 0 aliphatic heterocycles. The molecule has 1 aromatic heterocycles. The Morgan fingerprint density at radius 1 is 1.12 bits per heavy atom. The van der Waals surface area contributed by atoms with Crippen LogP contribution in [0.3, 0.4) is 0 Å². The molecule has 0 fully saturated rings. The molecule has 2 aromatic carbocycles. The Balaban J connectivity index is 1.47. The maximum absolute atomic E-state index is 11.3. The van der Waals surface area contributed by atoms with Crippen LogP contribution in [0.15, 0.2) is 59.4 Å². The number of nitrogens with one attached hydrogen (secondary N) is 2. The lowest BCUT2D eigenvalue weighted by atomic mass is 10.2. The molecule has 0 aliphatic carbocycles. The zero-order valence-electron chi connectivity index (χ0n) is 13.5. The SMILES string of the molecule is O=c1ccc2cc(OC[C@@H](O)CNCc3ccc(Cl)cc3)ccc2[nH]1. The van der Waals surface area contributed by atoms with E-state index in [1.54, 1.807) is 18.2 Å². The molecule has 6 heteroatoms. The minimum atomic E-state index is -0.626. The highest BCUT2D eigenvalue weighted by molar-refractivity contribution is 6.30. The molecule has 0 unspecified atom stereocenters. The van der Waals surface area contributed by atoms with Crippen LogP contribution in [0.25, 0.3) is 10.9 Å². The summed E-state index contributed by atoms with van der Waals surface area (Å²) in [5, 5.41) is 14.8. The Morgan fingerprint density at radius 2 is 1.92 bits per heavy atom. The maximum Gasteiger partial charge on any atom is 0.248 e. The van der Waals surface area contributed by atoms with Gasteiger partial charge in [0.1, 0.15) is 18.5 Å². The molecule has 0 saturated heterocycles. The molecule has 5 nitrogen and oxygen atoms in total. The average molecular weight is 359 g/mol. The Morgan fingerprint density at radius 3 is 2.72 bits per heavy atom. The Kier molecular flexibility index (Phi) is 5.71. The van der Waals surface area contributed by atoms with Crippen molar-refractivity contribution in [3.63, 3.8) is 0 Å². The summed E-state index contributed by atoms with van der Waals surface area (Å²) in [5.74, 6) is 0.649. The van der Waals surface area contributed by atoms with Crippen molar-refractivity contribution in [2.75, 3.05) is 13.2 Å². The van der Waals surface area contributed by atoms with Crippen LogP contribution in [-0.4, -0.2) is 29.3 Å². The summed E-state index contributed by atoms with van der Waals surface area (Å²) < 4.78 is 5.63. The van der Waals surface area contributed by atoms with Crippen molar-refractivity contribution < 1.29 is 9.84 Å². The number of ether oxygens (including phenoxy) is 1. The highest BCUT2D eigenvalue weighted by Crippen LogP contribution is 2.18. The largest absolute Gasteiger partial charge is 0.491 e. The summed E-state index contributed by atoms with van der Waals surface area (Å²) in [5.41, 5.74) is 1.72. The van der Waals surface area contributed by atoms with Crippen molar-refractivity contribution in [3.05, 3.63) is 75.5 Å². The highest BCUT2D eigenvalue weighted by atomic mass is 35.5. The molecule has 0 radical (unpaired) electrons. The standard InChI is InChI=1S/C19H19ClN2O3/c20-15-4-1-13(2-5-15)10-21-11-16(23)12-25-17-6-7-18-14(9-17)3-8-19(24)22-18/h1-9,16,21,23H,10-12H2,(H,22,24)/t16-/m0/s1. The van der Waals surface area contributed by atoms with Crippen molar-refractivity contribution in [1.29, 1.82) is 0 Å². The number of hydrogen-bond donors (Lipinski definition) is 3. The van der Waals surface area contributed by atoms with E-state index in [9.17, 15) is 9.90 Å². The zero-order valence-corrected chi connectivity index (χ0v) is 14.3. The maximum atomic E-state index is 11.3. The number of aliphatic hydroxyl groups is 1. The van der Waals surface area contributed by atoms with Gasteiger partial charge in [-0.25, -0.2) is 0 Å². The minimum absolute atomic E-state index is 0.136. The van der Waals surface area contributed by atoms with E-state index in [1.165, 1.54) is 6.07 Å². The van der Waals surface area contributed by atoms with E-state index in [4.69, 9.17) is 16.3 Å². The second kappa shape index (κ2) is 8.16. The van der Waals surface area contributed by atoms with Gasteiger partial charge in [0.25, 0.3) is 0 Å². The summed E-state index contributed by atoms with van der Waals surface area (Å²) in [6.07, 6.45) is -0.626. The van der Waals surface area contributed by atoms with Crippen LogP contribution in [-0.2, 0) is 6.54 Å². The van der Waals surface area contributed by atoms with E-state index in [0.29, 0.717) is 23.9 Å². The first-order valence-corrected chi connectivity index (χ1v) is 8.37. The molecule has 25 heavy (non-hydrogen) atoms. The molecular weight excluding hydrogens is 340 g/mol. The van der Waals surface area contributed by atoms with Gasteiger partial charge in [-0.05, 0) is 42.0 Å². The van der Waals surface area contributed by atoms with Crippen LogP contribution in [0.2, 0.25) is 5.02 Å². The highest BCUT2D eigenvalue weighted by Gasteiger charge is 2.06. The normalized spacial score (nSPS) is 12.2. The summed E-state index contributed by atoms with van der Waals surface area (Å²) >= 11 is 5.85. The first-order chi connectivity index (χ1) is 12.1. The van der Waals surface area contributed by atoms with Gasteiger partial charge in [0.15, 0.2) is 0 Å². The van der Waals surface area contributed by atoms with Gasteiger partial charge < -0.3 is 20.1 Å². The molecule has 0 spiro atoms. The number of rotatable bonds is 7. The van der Waals surface area contributed by atoms with Crippen LogP contribution < -0.4 is 15.6 Å². The molecule has 3 aromatic rings. The summed E-state index contributed by atoms with van der Waals surface area (Å²) in [7, 11) is 0. The Labute approximate surface area is 150 Å². The smallest absolute Gasteiger partial charge is 0.248 e. The number of fused-ring (bicyclic) bond motifs is 1. The fraction of sp³-hybridized carbons (Fsp3) is 0.211. The van der Waals surface area contributed by atoms with Crippen molar-refractivity contribution >= 4 is 22.5 Å². The van der Waals surface area contributed by atoms with E-state index in [2.05, 4.69) is 10.3 Å². The lowest BCUT2D eigenvalue weighted by Crippen LogP contribution is -2.31. The quantitative estimate of drug-likeness (QED) is 0.607. The van der Waals surface area contributed by atoms with Gasteiger partial charge in [-0.15, -0.1) is 0 Å². The van der Waals surface area contributed by atoms with E-state index >= 15 is 0 Å². The van der Waals surface area contributed by atoms with Gasteiger partial charge in [-0.2, -0.15) is 0 Å². The lowest BCUT2D eigenvalue weighted by molar-refractivity contribution is 0.106. The minimum Gasteiger partial charge on any atom is -0.491 e. The van der Waals surface area contributed by atoms with Gasteiger partial charge in [0, 0.05) is 35.1 Å². The predicted molar refractivity (Wildman–Crippen MR) is 99.2 cm³/mol. The molecule has 1 heterocycles. The predicted octanol–water partition coefficient (Wildman–Crippen LogP) is 2.71. The first kappa shape index (κ1) is 17.5. The van der Waals surface area contributed by atoms with E-state index in [1.807, 2.05) is 30.3 Å². The van der Waals surface area contributed by atoms with Crippen LogP contribution >= 0.6 is 11.6 Å². The molecule has 0 amide bonds. The molecule has 1 atom stereocenters. The topological polar surface area (TPSA) is 74.3 Å². The van der Waals surface area contributed by atoms with Gasteiger partial charge in [-0.3, -0.25) is 4.79 Å². The number of benzene rings is 2. The van der Waals surface area contributed by atoms with Crippen LogP contribution in [0.1, 0.15) is 5.56 Å². The summed E-state index contributed by atoms with van der Waals surface area (Å²) in [4.78, 5) is 14.0. The fourth-order valence-corrected chi connectivity index (χ4v) is 2.58. The number of hydrogen-bond acceptors (Lipinski definition) is 4. The lowest BCUT2D eigenvalue weighted by Gasteiger charge is -2.14. The van der Waals surface area contributed by atoms with Crippen molar-refractivity contribution in [3.8, 4) is 5.75 Å². The molecule has 3 N–H and O–H groups in total. The van der Waals surface area contributed by atoms with Gasteiger partial charge in [-0.1, -0.05) is 23.7 Å². The van der Waals surface area contributed by atoms with E-state index in [0.717, 1.165) is 16.5 Å². The van der Waals surface area contributed by atoms with E-state index < -0.39 is 6.10 Å². The molecule has 0 aliphatic rings. The first-order valence-electron chi connectivity index (χ1n) is 7.99. The van der Waals surface area contributed by atoms with Crippen molar-refractivity contribution in [2.45, 2.75) is 12.6 Å². The molecule has 3 rings (SSSR count). The summed E-state index contributed by atoms with van der Waals surface area (Å²) in [6.45, 7) is 1.25. The number of aliphatic hydroxyl groups excluding tert-OH is 1. The second-order valence-corrected chi connectivity index (χ2v) is 6.23. The van der Waals surface area contributed by atoms with E-state index in [-0.39, 0.29) is 12.2 Å². The molecule has 0 bridgehead atoms. The average Bonchev–Trinajstić information content (AvgIpc) is 2.61. The van der Waals surface area contributed by atoms with Gasteiger partial charge in [0.2, 0.25) is 5.56 Å². The van der Waals surface area contributed by atoms with Crippen LogP contribution in [0, 0.1) is 0 Å². The van der Waals surface area contributed by atoms with Crippen LogP contribution in [0.5, 0.6) is 5.75 Å².